The standard InChI is InChI=1S/C21H26N2O5S/c1-27-17-11-9-16(10-12-17)6-5-14-22-21(24)20-13-15-23(29(2,25)26)18-7-3-4-8-19(18)28-20/h3-4,7-12,20H,5-6,13-15H2,1-2H3,(H,22,24)/t20-/m1/s1. The normalized spacial score (nSPS) is 16.3. The van der Waals surface area contributed by atoms with Crippen LogP contribution >= 0.6 is 0 Å². The lowest BCUT2D eigenvalue weighted by atomic mass is 10.1. The molecule has 1 N–H and O–H groups in total. The summed E-state index contributed by atoms with van der Waals surface area (Å²) in [7, 11) is -1.82. The van der Waals surface area contributed by atoms with Crippen molar-refractivity contribution < 1.29 is 22.7 Å². The third-order valence-electron chi connectivity index (χ3n) is 4.79. The number of aryl methyl sites for hydroxylation is 1. The van der Waals surface area contributed by atoms with Gasteiger partial charge >= 0.3 is 0 Å². The number of nitrogens with one attached hydrogen (secondary N) is 1. The fraction of sp³-hybridized carbons (Fsp3) is 0.381. The summed E-state index contributed by atoms with van der Waals surface area (Å²) in [5, 5.41) is 2.90. The van der Waals surface area contributed by atoms with E-state index in [0.29, 0.717) is 18.0 Å². The highest BCUT2D eigenvalue weighted by Crippen LogP contribution is 2.33. The Morgan fingerprint density at radius 3 is 2.62 bits per heavy atom. The van der Waals surface area contributed by atoms with Crippen LogP contribution in [0.3, 0.4) is 0 Å². The van der Waals surface area contributed by atoms with Crippen LogP contribution in [0.15, 0.2) is 48.5 Å². The van der Waals surface area contributed by atoms with Gasteiger partial charge in [0.05, 0.1) is 19.1 Å². The van der Waals surface area contributed by atoms with Crippen LogP contribution in [-0.2, 0) is 21.2 Å². The summed E-state index contributed by atoms with van der Waals surface area (Å²) >= 11 is 0. The van der Waals surface area contributed by atoms with Crippen LogP contribution in [0.25, 0.3) is 0 Å². The highest BCUT2D eigenvalue weighted by Gasteiger charge is 2.30. The topological polar surface area (TPSA) is 84.9 Å². The molecule has 1 heterocycles. The number of rotatable bonds is 7. The molecule has 8 heteroatoms. The number of fused-ring (bicyclic) bond motifs is 1. The summed E-state index contributed by atoms with van der Waals surface area (Å²) in [4.78, 5) is 12.6. The molecule has 156 valence electrons. The third-order valence-corrected chi connectivity index (χ3v) is 5.97. The average molecular weight is 419 g/mol. The van der Waals surface area contributed by atoms with Crippen LogP contribution in [0.1, 0.15) is 18.4 Å². The van der Waals surface area contributed by atoms with Gasteiger partial charge in [-0.3, -0.25) is 9.10 Å². The molecule has 1 atom stereocenters. The maximum absolute atomic E-state index is 12.6. The van der Waals surface area contributed by atoms with E-state index in [4.69, 9.17) is 9.47 Å². The highest BCUT2D eigenvalue weighted by atomic mass is 32.2. The lowest BCUT2D eigenvalue weighted by molar-refractivity contribution is -0.128. The Morgan fingerprint density at radius 1 is 1.21 bits per heavy atom. The minimum Gasteiger partial charge on any atom is -0.497 e. The van der Waals surface area contributed by atoms with Gasteiger partial charge in [-0.2, -0.15) is 0 Å². The minimum absolute atomic E-state index is 0.194. The summed E-state index contributed by atoms with van der Waals surface area (Å²) in [5.41, 5.74) is 1.63. The number of hydrogen-bond acceptors (Lipinski definition) is 5. The predicted octanol–water partition coefficient (Wildman–Crippen LogP) is 2.36. The molecule has 29 heavy (non-hydrogen) atoms. The zero-order chi connectivity index (χ0) is 20.9. The molecule has 7 nitrogen and oxygen atoms in total. The highest BCUT2D eigenvalue weighted by molar-refractivity contribution is 7.92. The number of anilines is 1. The fourth-order valence-electron chi connectivity index (χ4n) is 3.27. The zero-order valence-corrected chi connectivity index (χ0v) is 17.4. The molecule has 1 aliphatic heterocycles. The molecule has 0 saturated carbocycles. The third kappa shape index (κ3) is 5.41. The first-order chi connectivity index (χ1) is 13.9. The maximum Gasteiger partial charge on any atom is 0.261 e. The summed E-state index contributed by atoms with van der Waals surface area (Å²) in [6.45, 7) is 0.710. The molecule has 1 aliphatic rings. The first kappa shape index (κ1) is 21.0. The summed E-state index contributed by atoms with van der Waals surface area (Å²) in [6, 6.07) is 14.7. The second kappa shape index (κ2) is 9.17. The average Bonchev–Trinajstić information content (AvgIpc) is 2.91. The van der Waals surface area contributed by atoms with Gasteiger partial charge in [0.15, 0.2) is 6.10 Å². The largest absolute Gasteiger partial charge is 0.497 e. The van der Waals surface area contributed by atoms with Gasteiger partial charge in [0.25, 0.3) is 5.91 Å². The number of carbonyl (C=O) groups excluding carboxylic acids is 1. The minimum atomic E-state index is -3.46. The van der Waals surface area contributed by atoms with Crippen molar-refractivity contribution in [2.45, 2.75) is 25.4 Å². The number of ether oxygens (including phenoxy) is 2. The van der Waals surface area contributed by atoms with Gasteiger partial charge in [-0.25, -0.2) is 8.42 Å². The van der Waals surface area contributed by atoms with Crippen molar-refractivity contribution in [3.63, 3.8) is 0 Å². The Hall–Kier alpha value is -2.74. The maximum atomic E-state index is 12.6. The van der Waals surface area contributed by atoms with Crippen LogP contribution in [0.5, 0.6) is 11.5 Å². The second-order valence-corrected chi connectivity index (χ2v) is 8.85. The first-order valence-electron chi connectivity index (χ1n) is 9.52. The lowest BCUT2D eigenvalue weighted by Crippen LogP contribution is -2.40. The number of carbonyl (C=O) groups is 1. The molecular weight excluding hydrogens is 392 g/mol. The van der Waals surface area contributed by atoms with E-state index in [9.17, 15) is 13.2 Å². The van der Waals surface area contributed by atoms with E-state index in [1.807, 2.05) is 24.3 Å². The second-order valence-electron chi connectivity index (χ2n) is 6.94. The Labute approximate surface area is 171 Å². The zero-order valence-electron chi connectivity index (χ0n) is 16.6. The Kier molecular flexibility index (Phi) is 6.64. The Bertz CT molecular complexity index is 944. The number of nitrogens with zero attached hydrogens (tertiary/aromatic N) is 1. The van der Waals surface area contributed by atoms with Crippen molar-refractivity contribution in [1.29, 1.82) is 0 Å². The molecule has 0 fully saturated rings. The van der Waals surface area contributed by atoms with E-state index in [-0.39, 0.29) is 18.9 Å². The van der Waals surface area contributed by atoms with Gasteiger partial charge in [0.2, 0.25) is 10.0 Å². The lowest BCUT2D eigenvalue weighted by Gasteiger charge is -2.20. The van der Waals surface area contributed by atoms with E-state index in [1.54, 1.807) is 31.4 Å². The summed E-state index contributed by atoms with van der Waals surface area (Å²) < 4.78 is 36.5. The van der Waals surface area contributed by atoms with Crippen molar-refractivity contribution in [2.24, 2.45) is 0 Å². The molecule has 0 radical (unpaired) electrons. The smallest absolute Gasteiger partial charge is 0.261 e. The van der Waals surface area contributed by atoms with Crippen molar-refractivity contribution in [3.8, 4) is 11.5 Å². The van der Waals surface area contributed by atoms with Crippen LogP contribution in [0.4, 0.5) is 5.69 Å². The van der Waals surface area contributed by atoms with Crippen LogP contribution < -0.4 is 19.1 Å². The molecule has 1 amide bonds. The number of amides is 1. The Balaban J connectivity index is 1.56. The molecular formula is C21H26N2O5S. The number of hydrogen-bond donors (Lipinski definition) is 1. The van der Waals surface area contributed by atoms with Crippen molar-refractivity contribution in [2.75, 3.05) is 30.8 Å². The molecule has 0 spiro atoms. The van der Waals surface area contributed by atoms with Crippen molar-refractivity contribution in [1.82, 2.24) is 5.32 Å². The monoisotopic (exact) mass is 418 g/mol. The van der Waals surface area contributed by atoms with Gasteiger partial charge in [0.1, 0.15) is 11.5 Å². The van der Waals surface area contributed by atoms with Gasteiger partial charge in [-0.1, -0.05) is 24.3 Å². The fourth-order valence-corrected chi connectivity index (χ4v) is 4.21. The molecule has 0 aliphatic carbocycles. The quantitative estimate of drug-likeness (QED) is 0.698. The van der Waals surface area contributed by atoms with E-state index in [0.717, 1.165) is 24.8 Å². The van der Waals surface area contributed by atoms with E-state index < -0.39 is 16.1 Å². The van der Waals surface area contributed by atoms with Crippen LogP contribution in [0, 0.1) is 0 Å². The van der Waals surface area contributed by atoms with E-state index >= 15 is 0 Å². The van der Waals surface area contributed by atoms with Crippen LogP contribution in [0.2, 0.25) is 0 Å². The number of methoxy groups -OCH3 is 1. The van der Waals surface area contributed by atoms with Crippen molar-refractivity contribution in [3.05, 3.63) is 54.1 Å². The van der Waals surface area contributed by atoms with Gasteiger partial charge < -0.3 is 14.8 Å². The molecule has 2 aromatic carbocycles. The van der Waals surface area contributed by atoms with Gasteiger partial charge in [0, 0.05) is 19.5 Å². The molecule has 2 aromatic rings. The van der Waals surface area contributed by atoms with Gasteiger partial charge in [-0.15, -0.1) is 0 Å². The van der Waals surface area contributed by atoms with Crippen molar-refractivity contribution >= 4 is 21.6 Å². The molecule has 0 saturated heterocycles. The molecule has 0 aromatic heterocycles. The van der Waals surface area contributed by atoms with Crippen LogP contribution in [-0.4, -0.2) is 46.9 Å². The molecule has 3 rings (SSSR count). The van der Waals surface area contributed by atoms with Gasteiger partial charge in [-0.05, 0) is 42.7 Å². The number of sulfonamides is 1. The molecule has 0 bridgehead atoms. The predicted molar refractivity (Wildman–Crippen MR) is 112 cm³/mol. The number of benzene rings is 2. The summed E-state index contributed by atoms with van der Waals surface area (Å²) in [6.07, 6.45) is 2.33. The summed E-state index contributed by atoms with van der Waals surface area (Å²) in [5.74, 6) is 0.981. The Morgan fingerprint density at radius 2 is 1.93 bits per heavy atom. The first-order valence-corrected chi connectivity index (χ1v) is 11.4. The molecule has 0 unspecified atom stereocenters. The number of para-hydroxylation sites is 2. The van der Waals surface area contributed by atoms with E-state index in [1.165, 1.54) is 9.87 Å². The van der Waals surface area contributed by atoms with E-state index in [2.05, 4.69) is 5.32 Å². The SMILES string of the molecule is COc1ccc(CCCNC(=O)[C@H]2CCN(S(C)(=O)=O)c3ccccc3O2)cc1.